The maximum Gasteiger partial charge on any atom is 0.254 e. The smallest absolute Gasteiger partial charge is 0.254 e. The van der Waals surface area contributed by atoms with Crippen LogP contribution < -0.4 is 14.8 Å². The van der Waals surface area contributed by atoms with Crippen molar-refractivity contribution < 1.29 is 19.1 Å². The lowest BCUT2D eigenvalue weighted by atomic mass is 9.81. The van der Waals surface area contributed by atoms with E-state index < -0.39 is 5.92 Å². The average Bonchev–Trinajstić information content (AvgIpc) is 3.42. The first kappa shape index (κ1) is 25.5. The van der Waals surface area contributed by atoms with Gasteiger partial charge in [-0.05, 0) is 48.7 Å². The molecular weight excluding hydrogens is 464 g/mol. The molecule has 3 heterocycles. The summed E-state index contributed by atoms with van der Waals surface area (Å²) in [5.41, 5.74) is 1.16. The number of ether oxygens (including phenoxy) is 2. The molecule has 2 unspecified atom stereocenters. The minimum Gasteiger partial charge on any atom is -0.493 e. The highest BCUT2D eigenvalue weighted by Gasteiger charge is 2.44. The molecule has 8 nitrogen and oxygen atoms in total. The maximum absolute atomic E-state index is 13.7. The van der Waals surface area contributed by atoms with E-state index in [-0.39, 0.29) is 17.9 Å². The third-order valence-electron chi connectivity index (χ3n) is 7.15. The van der Waals surface area contributed by atoms with E-state index in [2.05, 4.69) is 22.0 Å². The maximum atomic E-state index is 13.7. The number of carbonyl (C=O) groups excluding carboxylic acids is 2. The van der Waals surface area contributed by atoms with Crippen molar-refractivity contribution in [2.75, 3.05) is 67.1 Å². The topological polar surface area (TPSA) is 74.4 Å². The van der Waals surface area contributed by atoms with Crippen LogP contribution in [-0.2, 0) is 4.79 Å². The molecular formula is C26H36N4O4S. The van der Waals surface area contributed by atoms with Gasteiger partial charge in [0.25, 0.3) is 5.91 Å². The molecule has 2 aliphatic rings. The van der Waals surface area contributed by atoms with Gasteiger partial charge in [0, 0.05) is 50.2 Å². The van der Waals surface area contributed by atoms with Crippen LogP contribution in [0.3, 0.4) is 0 Å². The molecule has 1 aromatic carbocycles. The van der Waals surface area contributed by atoms with Crippen molar-refractivity contribution in [3.63, 3.8) is 0 Å². The Balaban J connectivity index is 1.53. The van der Waals surface area contributed by atoms with E-state index in [0.717, 1.165) is 50.6 Å². The van der Waals surface area contributed by atoms with Crippen LogP contribution in [0.15, 0.2) is 29.6 Å². The number of benzene rings is 1. The second-order valence-electron chi connectivity index (χ2n) is 9.07. The molecule has 1 fully saturated rings. The lowest BCUT2D eigenvalue weighted by Gasteiger charge is -2.39. The van der Waals surface area contributed by atoms with Crippen LogP contribution in [0.25, 0.3) is 0 Å². The summed E-state index contributed by atoms with van der Waals surface area (Å²) in [7, 11) is 4.87. The van der Waals surface area contributed by atoms with Crippen molar-refractivity contribution in [2.24, 2.45) is 0 Å². The van der Waals surface area contributed by atoms with Gasteiger partial charge in [0.1, 0.15) is 0 Å². The fourth-order valence-electron chi connectivity index (χ4n) is 5.10. The molecule has 0 saturated carbocycles. The SMILES string of the molecule is CCN1CCN(CCCNC(=O)C2c3cc(OC)c(OC)cc3C(=O)N(C)C2c2cccs2)CC1. The van der Waals surface area contributed by atoms with E-state index in [1.54, 1.807) is 49.6 Å². The summed E-state index contributed by atoms with van der Waals surface area (Å²) in [6.07, 6.45) is 0.891. The zero-order valence-electron chi connectivity index (χ0n) is 21.1. The van der Waals surface area contributed by atoms with E-state index in [1.165, 1.54) is 0 Å². The van der Waals surface area contributed by atoms with Gasteiger partial charge in [-0.2, -0.15) is 0 Å². The number of piperazine rings is 1. The van der Waals surface area contributed by atoms with Crippen molar-refractivity contribution in [3.05, 3.63) is 45.6 Å². The van der Waals surface area contributed by atoms with Gasteiger partial charge in [0.2, 0.25) is 5.91 Å². The number of amides is 2. The number of rotatable bonds is 9. The molecule has 1 saturated heterocycles. The Morgan fingerprint density at radius 1 is 1.11 bits per heavy atom. The minimum atomic E-state index is -0.542. The number of nitrogens with zero attached hydrogens (tertiary/aromatic N) is 3. The molecule has 0 spiro atoms. The van der Waals surface area contributed by atoms with E-state index >= 15 is 0 Å². The quantitative estimate of drug-likeness (QED) is 0.534. The Labute approximate surface area is 211 Å². The van der Waals surface area contributed by atoms with Gasteiger partial charge in [0.05, 0.1) is 26.2 Å². The molecule has 1 N–H and O–H groups in total. The zero-order valence-corrected chi connectivity index (χ0v) is 21.9. The van der Waals surface area contributed by atoms with Gasteiger partial charge < -0.3 is 29.5 Å². The van der Waals surface area contributed by atoms with E-state index in [9.17, 15) is 9.59 Å². The minimum absolute atomic E-state index is 0.0768. The van der Waals surface area contributed by atoms with Crippen molar-refractivity contribution in [3.8, 4) is 11.5 Å². The lowest BCUT2D eigenvalue weighted by Crippen LogP contribution is -2.47. The first-order valence-electron chi connectivity index (χ1n) is 12.3. The molecule has 190 valence electrons. The Kier molecular flexibility index (Phi) is 8.30. The number of likely N-dealkylation sites (N-methyl/N-ethyl adjacent to an activating group) is 2. The molecule has 9 heteroatoms. The summed E-state index contributed by atoms with van der Waals surface area (Å²) >= 11 is 1.56. The van der Waals surface area contributed by atoms with Crippen molar-refractivity contribution in [1.82, 2.24) is 20.0 Å². The second-order valence-corrected chi connectivity index (χ2v) is 10.0. The number of nitrogens with one attached hydrogen (secondary N) is 1. The third-order valence-corrected chi connectivity index (χ3v) is 8.10. The molecule has 0 aliphatic carbocycles. The second kappa shape index (κ2) is 11.4. The van der Waals surface area contributed by atoms with Crippen LogP contribution in [-0.4, -0.2) is 93.6 Å². The molecule has 2 aliphatic heterocycles. The molecule has 2 atom stereocenters. The highest BCUT2D eigenvalue weighted by atomic mass is 32.1. The predicted molar refractivity (Wildman–Crippen MR) is 138 cm³/mol. The Hall–Kier alpha value is -2.62. The van der Waals surface area contributed by atoms with Gasteiger partial charge >= 0.3 is 0 Å². The molecule has 35 heavy (non-hydrogen) atoms. The van der Waals surface area contributed by atoms with E-state index in [0.29, 0.717) is 29.2 Å². The molecule has 4 rings (SSSR count). The predicted octanol–water partition coefficient (Wildman–Crippen LogP) is 2.82. The Morgan fingerprint density at radius 3 is 2.43 bits per heavy atom. The standard InChI is InChI=1S/C26H36N4O4S/c1-5-29-11-13-30(14-12-29)10-7-9-27-25(31)23-18-16-20(33-3)21(34-4)17-19(18)26(32)28(2)24(23)22-8-6-15-35-22/h6,8,15-17,23-24H,5,7,9-14H2,1-4H3,(H,27,31). The van der Waals surface area contributed by atoms with Gasteiger partial charge in [-0.1, -0.05) is 13.0 Å². The van der Waals surface area contributed by atoms with Crippen LogP contribution in [0.1, 0.15) is 46.1 Å². The molecule has 2 aromatic rings. The molecule has 1 aromatic heterocycles. The summed E-state index contributed by atoms with van der Waals surface area (Å²) < 4.78 is 10.9. The Morgan fingerprint density at radius 2 is 1.80 bits per heavy atom. The zero-order chi connectivity index (χ0) is 24.9. The van der Waals surface area contributed by atoms with E-state index in [4.69, 9.17) is 9.47 Å². The first-order valence-corrected chi connectivity index (χ1v) is 13.1. The number of thiophene rings is 1. The van der Waals surface area contributed by atoms with Crippen LogP contribution in [0.4, 0.5) is 0 Å². The van der Waals surface area contributed by atoms with Crippen LogP contribution >= 0.6 is 11.3 Å². The van der Waals surface area contributed by atoms with Gasteiger partial charge in [-0.15, -0.1) is 11.3 Å². The van der Waals surface area contributed by atoms with Crippen LogP contribution in [0.5, 0.6) is 11.5 Å². The summed E-state index contributed by atoms with van der Waals surface area (Å²) in [4.78, 5) is 34.6. The number of carbonyl (C=O) groups is 2. The number of hydrogen-bond donors (Lipinski definition) is 1. The van der Waals surface area contributed by atoms with Crippen LogP contribution in [0.2, 0.25) is 0 Å². The van der Waals surface area contributed by atoms with Gasteiger partial charge in [-0.25, -0.2) is 0 Å². The van der Waals surface area contributed by atoms with Crippen molar-refractivity contribution in [1.29, 1.82) is 0 Å². The fraction of sp³-hybridized carbons (Fsp3) is 0.538. The molecule has 2 amide bonds. The number of hydrogen-bond acceptors (Lipinski definition) is 7. The third kappa shape index (κ3) is 5.32. The van der Waals surface area contributed by atoms with E-state index in [1.807, 2.05) is 17.5 Å². The molecule has 0 bridgehead atoms. The molecule has 0 radical (unpaired) electrons. The van der Waals surface area contributed by atoms with Crippen LogP contribution in [0, 0.1) is 0 Å². The lowest BCUT2D eigenvalue weighted by molar-refractivity contribution is -0.124. The first-order chi connectivity index (χ1) is 17.0. The van der Waals surface area contributed by atoms with Gasteiger partial charge in [-0.3, -0.25) is 9.59 Å². The highest BCUT2D eigenvalue weighted by molar-refractivity contribution is 7.10. The number of methoxy groups -OCH3 is 2. The summed E-state index contributed by atoms with van der Waals surface area (Å²) in [6, 6.07) is 7.04. The average molecular weight is 501 g/mol. The van der Waals surface area contributed by atoms with Gasteiger partial charge in [0.15, 0.2) is 11.5 Å². The summed E-state index contributed by atoms with van der Waals surface area (Å²) in [5.74, 6) is 0.239. The normalized spacial score (nSPS) is 21.0. The summed E-state index contributed by atoms with van der Waals surface area (Å²) in [5, 5.41) is 5.14. The number of fused-ring (bicyclic) bond motifs is 1. The highest BCUT2D eigenvalue weighted by Crippen LogP contribution is 2.46. The largest absolute Gasteiger partial charge is 0.493 e. The van der Waals surface area contributed by atoms with Crippen molar-refractivity contribution in [2.45, 2.75) is 25.3 Å². The fourth-order valence-corrected chi connectivity index (χ4v) is 6.00. The Bertz CT molecular complexity index is 1020. The summed E-state index contributed by atoms with van der Waals surface area (Å²) in [6.45, 7) is 9.24. The van der Waals surface area contributed by atoms with Crippen molar-refractivity contribution >= 4 is 23.2 Å². The monoisotopic (exact) mass is 500 g/mol.